The number of morpholine rings is 1. The highest BCUT2D eigenvalue weighted by Gasteiger charge is 2.25. The van der Waals surface area contributed by atoms with Crippen LogP contribution in [-0.4, -0.2) is 65.0 Å². The molecule has 8 nitrogen and oxygen atoms in total. The van der Waals surface area contributed by atoms with Crippen LogP contribution in [0.15, 0.2) is 6.33 Å². The van der Waals surface area contributed by atoms with Gasteiger partial charge in [0.15, 0.2) is 0 Å². The molecule has 2 heterocycles. The Balaban J connectivity index is 2.05. The van der Waals surface area contributed by atoms with Crippen LogP contribution >= 0.6 is 0 Å². The maximum Gasteiger partial charge on any atom is 0.377 e. The Kier molecular flexibility index (Phi) is 4.10. The summed E-state index contributed by atoms with van der Waals surface area (Å²) in [5.74, 6) is -0.737. The number of nitrogens with zero attached hydrogens (tertiary/aromatic N) is 4. The first-order chi connectivity index (χ1) is 9.13. The molecule has 1 amide bonds. The lowest BCUT2D eigenvalue weighted by Crippen LogP contribution is -2.43. The lowest BCUT2D eigenvalue weighted by molar-refractivity contribution is -0.138. The topological polar surface area (TPSA) is 86.5 Å². The highest BCUT2D eigenvalue weighted by molar-refractivity contribution is 5.85. The number of esters is 1. The first-order valence-corrected chi connectivity index (χ1v) is 5.99. The van der Waals surface area contributed by atoms with Gasteiger partial charge in [0.2, 0.25) is 5.91 Å². The molecule has 0 spiro atoms. The van der Waals surface area contributed by atoms with Gasteiger partial charge >= 0.3 is 5.97 Å². The number of carbonyl (C=O) groups is 2. The zero-order valence-corrected chi connectivity index (χ0v) is 10.9. The first kappa shape index (κ1) is 13.5. The zero-order valence-electron chi connectivity index (χ0n) is 10.9. The minimum absolute atomic E-state index is 0.0517. The first-order valence-electron chi connectivity index (χ1n) is 5.99. The van der Waals surface area contributed by atoms with Crippen molar-refractivity contribution >= 4 is 11.9 Å². The summed E-state index contributed by atoms with van der Waals surface area (Å²) >= 11 is 0. The third kappa shape index (κ3) is 2.90. The Labute approximate surface area is 110 Å². The van der Waals surface area contributed by atoms with E-state index < -0.39 is 12.0 Å². The quantitative estimate of drug-likeness (QED) is 0.686. The van der Waals surface area contributed by atoms with E-state index in [-0.39, 0.29) is 11.7 Å². The number of hydrogen-bond donors (Lipinski definition) is 0. The van der Waals surface area contributed by atoms with Gasteiger partial charge in [-0.15, -0.1) is 5.10 Å². The van der Waals surface area contributed by atoms with E-state index in [9.17, 15) is 9.59 Å². The monoisotopic (exact) mass is 268 g/mol. The average molecular weight is 268 g/mol. The van der Waals surface area contributed by atoms with Gasteiger partial charge in [0.05, 0.1) is 20.3 Å². The van der Waals surface area contributed by atoms with Gasteiger partial charge in [-0.2, -0.15) is 0 Å². The fourth-order valence-electron chi connectivity index (χ4n) is 1.81. The van der Waals surface area contributed by atoms with Crippen LogP contribution in [0.25, 0.3) is 0 Å². The van der Waals surface area contributed by atoms with Crippen LogP contribution in [0.2, 0.25) is 0 Å². The number of rotatable bonds is 3. The molecule has 1 aromatic heterocycles. The molecular weight excluding hydrogens is 252 g/mol. The molecule has 1 atom stereocenters. The number of carbonyl (C=O) groups excluding carboxylic acids is 2. The summed E-state index contributed by atoms with van der Waals surface area (Å²) in [6.45, 7) is 3.95. The number of aromatic nitrogens is 3. The van der Waals surface area contributed by atoms with Crippen molar-refractivity contribution in [3.63, 3.8) is 0 Å². The molecule has 0 aromatic carbocycles. The largest absolute Gasteiger partial charge is 0.463 e. The van der Waals surface area contributed by atoms with Crippen LogP contribution in [0.4, 0.5) is 0 Å². The lowest BCUT2D eigenvalue weighted by atomic mass is 10.2. The highest BCUT2D eigenvalue weighted by atomic mass is 16.5. The maximum absolute atomic E-state index is 12.2. The maximum atomic E-state index is 12.2. The summed E-state index contributed by atoms with van der Waals surface area (Å²) in [6.07, 6.45) is 1.36. The fourth-order valence-corrected chi connectivity index (χ4v) is 1.81. The van der Waals surface area contributed by atoms with Gasteiger partial charge in [-0.3, -0.25) is 4.79 Å². The van der Waals surface area contributed by atoms with Crippen molar-refractivity contribution in [2.45, 2.75) is 13.0 Å². The van der Waals surface area contributed by atoms with Crippen molar-refractivity contribution in [3.8, 4) is 0 Å². The van der Waals surface area contributed by atoms with Crippen molar-refractivity contribution in [2.75, 3.05) is 33.4 Å². The zero-order chi connectivity index (χ0) is 13.8. The van der Waals surface area contributed by atoms with Crippen molar-refractivity contribution in [1.82, 2.24) is 19.7 Å². The van der Waals surface area contributed by atoms with Crippen molar-refractivity contribution < 1.29 is 19.1 Å². The third-order valence-electron chi connectivity index (χ3n) is 2.95. The van der Waals surface area contributed by atoms with E-state index in [4.69, 9.17) is 4.74 Å². The van der Waals surface area contributed by atoms with Crippen LogP contribution in [0, 0.1) is 0 Å². The minimum atomic E-state index is -0.621. The molecule has 1 aliphatic heterocycles. The van der Waals surface area contributed by atoms with E-state index in [0.29, 0.717) is 26.3 Å². The molecule has 0 radical (unpaired) electrons. The van der Waals surface area contributed by atoms with Gasteiger partial charge in [0.25, 0.3) is 5.82 Å². The Bertz CT molecular complexity index is 467. The second kappa shape index (κ2) is 5.79. The Morgan fingerprint density at radius 1 is 1.42 bits per heavy atom. The number of methoxy groups -OCH3 is 1. The minimum Gasteiger partial charge on any atom is -0.463 e. The molecule has 0 saturated carbocycles. The van der Waals surface area contributed by atoms with Gasteiger partial charge < -0.3 is 14.4 Å². The van der Waals surface area contributed by atoms with E-state index in [0.717, 1.165) is 0 Å². The number of ether oxygens (including phenoxy) is 2. The van der Waals surface area contributed by atoms with Gasteiger partial charge in [-0.25, -0.2) is 14.5 Å². The smallest absolute Gasteiger partial charge is 0.377 e. The second-order valence-corrected chi connectivity index (χ2v) is 4.15. The van der Waals surface area contributed by atoms with Crippen LogP contribution in [0.1, 0.15) is 23.6 Å². The summed E-state index contributed by atoms with van der Waals surface area (Å²) in [5.41, 5.74) is 0. The van der Waals surface area contributed by atoms with Crippen molar-refractivity contribution in [2.24, 2.45) is 0 Å². The van der Waals surface area contributed by atoms with Gasteiger partial charge in [-0.05, 0) is 6.92 Å². The van der Waals surface area contributed by atoms with Crippen molar-refractivity contribution in [3.05, 3.63) is 12.2 Å². The Morgan fingerprint density at radius 2 is 2.11 bits per heavy atom. The molecule has 19 heavy (non-hydrogen) atoms. The van der Waals surface area contributed by atoms with Gasteiger partial charge in [0, 0.05) is 13.1 Å². The summed E-state index contributed by atoms with van der Waals surface area (Å²) in [5, 5.41) is 3.95. The predicted octanol–water partition coefficient (Wildman–Crippen LogP) is -0.515. The van der Waals surface area contributed by atoms with Crippen LogP contribution in [0.3, 0.4) is 0 Å². The molecule has 1 fully saturated rings. The summed E-state index contributed by atoms with van der Waals surface area (Å²) < 4.78 is 11.1. The molecular formula is C11H16N4O4. The summed E-state index contributed by atoms with van der Waals surface area (Å²) in [4.78, 5) is 29.0. The Morgan fingerprint density at radius 3 is 2.74 bits per heavy atom. The number of hydrogen-bond acceptors (Lipinski definition) is 6. The molecule has 1 aromatic rings. The van der Waals surface area contributed by atoms with Gasteiger partial charge in [0.1, 0.15) is 12.4 Å². The molecule has 2 rings (SSSR count). The van der Waals surface area contributed by atoms with Crippen molar-refractivity contribution in [1.29, 1.82) is 0 Å². The van der Waals surface area contributed by atoms with E-state index >= 15 is 0 Å². The SMILES string of the molecule is COC(=O)c1ncn(C(C)C(=O)N2CCOCC2)n1. The molecule has 0 aliphatic carbocycles. The van der Waals surface area contributed by atoms with E-state index in [2.05, 4.69) is 14.8 Å². The molecule has 104 valence electrons. The normalized spacial score (nSPS) is 17.1. The lowest BCUT2D eigenvalue weighted by Gasteiger charge is -2.29. The molecule has 1 aliphatic rings. The van der Waals surface area contributed by atoms with E-state index in [1.54, 1.807) is 11.8 Å². The average Bonchev–Trinajstić information content (AvgIpc) is 2.95. The molecule has 8 heteroatoms. The fraction of sp³-hybridized carbons (Fsp3) is 0.636. The second-order valence-electron chi connectivity index (χ2n) is 4.15. The summed E-state index contributed by atoms with van der Waals surface area (Å²) in [7, 11) is 1.26. The van der Waals surface area contributed by atoms with E-state index in [1.165, 1.54) is 18.1 Å². The van der Waals surface area contributed by atoms with Crippen LogP contribution in [0.5, 0.6) is 0 Å². The highest BCUT2D eigenvalue weighted by Crippen LogP contribution is 2.10. The van der Waals surface area contributed by atoms with Crippen LogP contribution < -0.4 is 0 Å². The molecule has 0 bridgehead atoms. The Hall–Kier alpha value is -1.96. The third-order valence-corrected chi connectivity index (χ3v) is 2.95. The van der Waals surface area contributed by atoms with E-state index in [1.807, 2.05) is 0 Å². The predicted molar refractivity (Wildman–Crippen MR) is 63.5 cm³/mol. The standard InChI is InChI=1S/C11H16N4O4/c1-8(10(16)14-3-5-19-6-4-14)15-7-12-9(13-15)11(17)18-2/h7-8H,3-6H2,1-2H3. The summed E-state index contributed by atoms with van der Waals surface area (Å²) in [6, 6.07) is -0.510. The van der Waals surface area contributed by atoms with Gasteiger partial charge in [-0.1, -0.05) is 0 Å². The molecule has 0 N–H and O–H groups in total. The number of amides is 1. The van der Waals surface area contributed by atoms with Crippen LogP contribution in [-0.2, 0) is 14.3 Å². The molecule has 1 saturated heterocycles. The molecule has 1 unspecified atom stereocenters.